The van der Waals surface area contributed by atoms with Crippen molar-refractivity contribution in [1.29, 1.82) is 0 Å². The minimum absolute atomic E-state index is 0.0475. The van der Waals surface area contributed by atoms with Gasteiger partial charge in [0.2, 0.25) is 5.91 Å². The molecule has 37 heavy (non-hydrogen) atoms. The first-order chi connectivity index (χ1) is 17.8. The van der Waals surface area contributed by atoms with Gasteiger partial charge in [-0.2, -0.15) is 9.97 Å². The molecular formula is C27H36N8O2. The number of nitrogens with zero attached hydrogens (tertiary/aromatic N) is 7. The van der Waals surface area contributed by atoms with E-state index in [1.54, 1.807) is 18.3 Å². The van der Waals surface area contributed by atoms with Crippen molar-refractivity contribution in [2.24, 2.45) is 0 Å². The molecule has 1 aliphatic carbocycles. The van der Waals surface area contributed by atoms with Gasteiger partial charge in [-0.05, 0) is 51.2 Å². The van der Waals surface area contributed by atoms with Crippen LogP contribution in [-0.2, 0) is 4.79 Å². The molecule has 3 aromatic rings. The Bertz CT molecular complexity index is 1260. The van der Waals surface area contributed by atoms with Crippen molar-refractivity contribution in [3.63, 3.8) is 0 Å². The van der Waals surface area contributed by atoms with E-state index in [0.717, 1.165) is 50.4 Å². The number of likely N-dealkylation sites (N-methyl/N-ethyl adjacent to an activating group) is 2. The number of fused-ring (bicyclic) bond motifs is 1. The van der Waals surface area contributed by atoms with E-state index in [1.165, 1.54) is 11.8 Å². The summed E-state index contributed by atoms with van der Waals surface area (Å²) < 4.78 is 8.18. The molecule has 1 N–H and O–H groups in total. The summed E-state index contributed by atoms with van der Waals surface area (Å²) in [6.07, 6.45) is 4.56. The van der Waals surface area contributed by atoms with Crippen LogP contribution in [0.4, 0.5) is 17.2 Å². The van der Waals surface area contributed by atoms with Gasteiger partial charge >= 0.3 is 6.01 Å². The van der Waals surface area contributed by atoms with Crippen LogP contribution in [0.1, 0.15) is 32.7 Å². The lowest BCUT2D eigenvalue weighted by atomic mass is 9.88. The van der Waals surface area contributed by atoms with E-state index in [9.17, 15) is 4.79 Å². The molecule has 1 saturated heterocycles. The van der Waals surface area contributed by atoms with Crippen LogP contribution in [0.2, 0.25) is 0 Å². The highest BCUT2D eigenvalue weighted by molar-refractivity contribution is 5.87. The van der Waals surface area contributed by atoms with Crippen LogP contribution in [0.5, 0.6) is 6.01 Å². The fourth-order valence-corrected chi connectivity index (χ4v) is 4.79. The quantitative estimate of drug-likeness (QED) is 0.467. The van der Waals surface area contributed by atoms with Crippen molar-refractivity contribution in [3.8, 4) is 6.01 Å². The normalized spacial score (nSPS) is 20.1. The molecule has 2 aromatic heterocycles. The predicted molar refractivity (Wildman–Crippen MR) is 146 cm³/mol. The largest absolute Gasteiger partial charge is 0.460 e. The molecule has 3 heterocycles. The molecule has 10 nitrogen and oxygen atoms in total. The third-order valence-corrected chi connectivity index (χ3v) is 7.37. The number of carbonyl (C=O) groups is 1. The third kappa shape index (κ3) is 5.24. The lowest BCUT2D eigenvalue weighted by molar-refractivity contribution is -0.130. The highest BCUT2D eigenvalue weighted by Gasteiger charge is 2.36. The van der Waals surface area contributed by atoms with Crippen molar-refractivity contribution in [1.82, 2.24) is 29.3 Å². The van der Waals surface area contributed by atoms with Crippen molar-refractivity contribution >= 4 is 34.3 Å². The topological polar surface area (TPSA) is 91.7 Å². The van der Waals surface area contributed by atoms with Crippen LogP contribution in [0.25, 0.3) is 11.2 Å². The van der Waals surface area contributed by atoms with E-state index in [-0.39, 0.29) is 24.1 Å². The number of hydrogen-bond donors (Lipinski definition) is 1. The summed E-state index contributed by atoms with van der Waals surface area (Å²) in [4.78, 5) is 32.4. The lowest BCUT2D eigenvalue weighted by Crippen LogP contribution is -2.49. The van der Waals surface area contributed by atoms with E-state index in [4.69, 9.17) is 14.7 Å². The number of aromatic nitrogens is 4. The second-order valence-corrected chi connectivity index (χ2v) is 10.3. The van der Waals surface area contributed by atoms with Crippen molar-refractivity contribution in [3.05, 3.63) is 43.2 Å². The van der Waals surface area contributed by atoms with Gasteiger partial charge in [0.1, 0.15) is 6.10 Å². The molecule has 1 amide bonds. The average molecular weight is 505 g/mol. The summed E-state index contributed by atoms with van der Waals surface area (Å²) in [6.45, 7) is 12.0. The first-order valence-corrected chi connectivity index (χ1v) is 12.9. The Morgan fingerprint density at radius 2 is 1.86 bits per heavy atom. The zero-order valence-electron chi connectivity index (χ0n) is 22.1. The fraction of sp³-hybridized carbons (Fsp3) is 0.481. The molecule has 0 bridgehead atoms. The number of amides is 1. The maximum atomic E-state index is 11.9. The van der Waals surface area contributed by atoms with E-state index >= 15 is 0 Å². The van der Waals surface area contributed by atoms with E-state index in [1.807, 2.05) is 4.57 Å². The van der Waals surface area contributed by atoms with E-state index < -0.39 is 0 Å². The summed E-state index contributed by atoms with van der Waals surface area (Å²) in [6, 6.07) is 9.08. The molecule has 196 valence electrons. The molecular weight excluding hydrogens is 468 g/mol. The minimum Gasteiger partial charge on any atom is -0.460 e. The predicted octanol–water partition coefficient (Wildman–Crippen LogP) is 3.46. The van der Waals surface area contributed by atoms with Gasteiger partial charge in [0.05, 0.1) is 6.33 Å². The molecule has 5 rings (SSSR count). The molecule has 2 aliphatic rings. The lowest BCUT2D eigenvalue weighted by Gasteiger charge is -2.40. The molecule has 1 aliphatic heterocycles. The van der Waals surface area contributed by atoms with Gasteiger partial charge in [0, 0.05) is 69.5 Å². The molecule has 0 spiro atoms. The number of ether oxygens (including phenoxy) is 1. The number of rotatable bonds is 8. The smallest absolute Gasteiger partial charge is 0.320 e. The average Bonchev–Trinajstić information content (AvgIpc) is 3.31. The van der Waals surface area contributed by atoms with Gasteiger partial charge in [0.15, 0.2) is 17.0 Å². The molecule has 0 atom stereocenters. The molecule has 10 heteroatoms. The van der Waals surface area contributed by atoms with E-state index in [2.05, 4.69) is 71.8 Å². The summed E-state index contributed by atoms with van der Waals surface area (Å²) in [5.74, 6) is 0.536. The first kappa shape index (κ1) is 25.0. The van der Waals surface area contributed by atoms with Gasteiger partial charge in [-0.3, -0.25) is 4.79 Å². The van der Waals surface area contributed by atoms with Crippen LogP contribution in [0, 0.1) is 0 Å². The Labute approximate surface area is 217 Å². The molecule has 2 fully saturated rings. The van der Waals surface area contributed by atoms with Crippen LogP contribution >= 0.6 is 0 Å². The number of imidazole rings is 1. The summed E-state index contributed by atoms with van der Waals surface area (Å²) in [5, 5.41) is 3.44. The van der Waals surface area contributed by atoms with Crippen molar-refractivity contribution in [2.45, 2.75) is 44.9 Å². The Morgan fingerprint density at radius 1 is 1.16 bits per heavy atom. The van der Waals surface area contributed by atoms with Gasteiger partial charge in [-0.15, -0.1) is 0 Å². The maximum Gasteiger partial charge on any atom is 0.320 e. The highest BCUT2D eigenvalue weighted by Crippen LogP contribution is 2.32. The molecule has 0 radical (unpaired) electrons. The highest BCUT2D eigenvalue weighted by atomic mass is 16.5. The molecule has 1 aromatic carbocycles. The zero-order chi connectivity index (χ0) is 26.1. The standard InChI is InChI=1S/C27H36N8O2/c1-6-23(36)33(5)21-15-22(16-21)37-27-30-25(24-26(31-27)35(17-28-24)18(2)3)29-19-7-9-20(10-8-19)34-13-11-32(4)12-14-34/h6-10,17-18,21-22H,1,11-16H2,2-5H3,(H,29,30,31). The second-order valence-electron chi connectivity index (χ2n) is 10.3. The summed E-state index contributed by atoms with van der Waals surface area (Å²) in [7, 11) is 3.96. The summed E-state index contributed by atoms with van der Waals surface area (Å²) >= 11 is 0. The van der Waals surface area contributed by atoms with Crippen LogP contribution in [0.3, 0.4) is 0 Å². The Hall–Kier alpha value is -3.66. The van der Waals surface area contributed by atoms with Crippen LogP contribution in [0.15, 0.2) is 43.2 Å². The number of piperazine rings is 1. The van der Waals surface area contributed by atoms with Crippen molar-refractivity contribution < 1.29 is 9.53 Å². The van der Waals surface area contributed by atoms with Gasteiger partial charge in [0.25, 0.3) is 0 Å². The third-order valence-electron chi connectivity index (χ3n) is 7.37. The number of anilines is 3. The number of carbonyl (C=O) groups excluding carboxylic acids is 1. The number of nitrogens with one attached hydrogen (secondary N) is 1. The first-order valence-electron chi connectivity index (χ1n) is 12.9. The van der Waals surface area contributed by atoms with Gasteiger partial charge < -0.3 is 29.3 Å². The van der Waals surface area contributed by atoms with Gasteiger partial charge in [-0.25, -0.2) is 4.98 Å². The Balaban J connectivity index is 1.34. The zero-order valence-corrected chi connectivity index (χ0v) is 22.1. The van der Waals surface area contributed by atoms with Gasteiger partial charge in [-0.1, -0.05) is 6.58 Å². The molecule has 0 unspecified atom stereocenters. The number of benzene rings is 1. The Kier molecular flexibility index (Phi) is 7.01. The maximum absolute atomic E-state index is 11.9. The molecule has 1 saturated carbocycles. The van der Waals surface area contributed by atoms with Crippen molar-refractivity contribution in [2.75, 3.05) is 50.5 Å². The summed E-state index contributed by atoms with van der Waals surface area (Å²) in [5.41, 5.74) is 3.58. The second kappa shape index (κ2) is 10.4. The SMILES string of the molecule is C=CC(=O)N(C)C1CC(Oc2nc(Nc3ccc(N4CCN(C)CC4)cc3)c3ncn(C(C)C)c3n2)C1. The monoisotopic (exact) mass is 504 g/mol. The fourth-order valence-electron chi connectivity index (χ4n) is 4.79. The van der Waals surface area contributed by atoms with Crippen LogP contribution in [-0.4, -0.2) is 87.6 Å². The van der Waals surface area contributed by atoms with Crippen LogP contribution < -0.4 is 15.0 Å². The Morgan fingerprint density at radius 3 is 2.51 bits per heavy atom. The minimum atomic E-state index is -0.0768. The van der Waals surface area contributed by atoms with E-state index in [0.29, 0.717) is 17.3 Å². The number of hydrogen-bond acceptors (Lipinski definition) is 8.